The largest absolute Gasteiger partial charge is 0.416 e. The minimum atomic E-state index is -4.34. The van der Waals surface area contributed by atoms with Crippen LogP contribution < -0.4 is 0 Å². The van der Waals surface area contributed by atoms with E-state index in [0.717, 1.165) is 12.1 Å². The molecule has 0 atom stereocenters. The van der Waals surface area contributed by atoms with Crippen LogP contribution in [0.15, 0.2) is 42.7 Å². The Balaban J connectivity index is 2.45. The van der Waals surface area contributed by atoms with Gasteiger partial charge in [0.1, 0.15) is 0 Å². The summed E-state index contributed by atoms with van der Waals surface area (Å²) in [5.41, 5.74) is -0.340. The van der Waals surface area contributed by atoms with Crippen molar-refractivity contribution in [2.24, 2.45) is 0 Å². The topological polar surface area (TPSA) is 25.8 Å². The summed E-state index contributed by atoms with van der Waals surface area (Å²) in [4.78, 5) is 7.79. The van der Waals surface area contributed by atoms with E-state index >= 15 is 0 Å². The molecule has 0 saturated carbocycles. The van der Waals surface area contributed by atoms with Crippen molar-refractivity contribution >= 4 is 0 Å². The first kappa shape index (κ1) is 10.6. The van der Waals surface area contributed by atoms with Gasteiger partial charge in [0.25, 0.3) is 0 Å². The molecule has 0 aliphatic heterocycles. The van der Waals surface area contributed by atoms with E-state index in [1.807, 2.05) is 0 Å². The van der Waals surface area contributed by atoms with E-state index in [4.69, 9.17) is 0 Å². The fourth-order valence-electron chi connectivity index (χ4n) is 1.28. The highest BCUT2D eigenvalue weighted by molar-refractivity contribution is 5.55. The van der Waals surface area contributed by atoms with Crippen molar-refractivity contribution in [2.75, 3.05) is 0 Å². The fraction of sp³-hybridized carbons (Fsp3) is 0.0909. The van der Waals surface area contributed by atoms with Crippen molar-refractivity contribution in [2.45, 2.75) is 6.18 Å². The van der Waals surface area contributed by atoms with Crippen LogP contribution in [0.4, 0.5) is 13.2 Å². The van der Waals surface area contributed by atoms with Crippen LogP contribution in [0.25, 0.3) is 11.4 Å². The lowest BCUT2D eigenvalue weighted by Gasteiger charge is -2.07. The molecule has 0 amide bonds. The molecule has 0 N–H and O–H groups in total. The molecule has 82 valence electrons. The molecular weight excluding hydrogens is 217 g/mol. The Kier molecular flexibility index (Phi) is 2.60. The van der Waals surface area contributed by atoms with E-state index in [0.29, 0.717) is 5.56 Å². The number of benzene rings is 1. The average Bonchev–Trinajstić information content (AvgIpc) is 2.29. The number of hydrogen-bond acceptors (Lipinski definition) is 2. The van der Waals surface area contributed by atoms with Crippen molar-refractivity contribution in [3.05, 3.63) is 48.3 Å². The molecule has 2 aromatic rings. The zero-order valence-electron chi connectivity index (χ0n) is 8.07. The predicted octanol–water partition coefficient (Wildman–Crippen LogP) is 3.16. The summed E-state index contributed by atoms with van der Waals surface area (Å²) in [6.45, 7) is 0. The van der Waals surface area contributed by atoms with E-state index in [2.05, 4.69) is 9.97 Å². The Labute approximate surface area is 89.8 Å². The molecule has 0 fully saturated rings. The van der Waals surface area contributed by atoms with Crippen LogP contribution >= 0.6 is 0 Å². The zero-order valence-corrected chi connectivity index (χ0v) is 8.07. The summed E-state index contributed by atoms with van der Waals surface area (Å²) >= 11 is 0. The maximum Gasteiger partial charge on any atom is 0.416 e. The number of halogens is 3. The Hall–Kier alpha value is -1.91. The molecule has 5 heteroatoms. The first-order valence-corrected chi connectivity index (χ1v) is 4.52. The van der Waals surface area contributed by atoms with Gasteiger partial charge in [0.2, 0.25) is 0 Å². The van der Waals surface area contributed by atoms with Crippen LogP contribution in [0, 0.1) is 0 Å². The monoisotopic (exact) mass is 224 g/mol. The quantitative estimate of drug-likeness (QED) is 0.743. The lowest BCUT2D eigenvalue weighted by molar-refractivity contribution is -0.137. The van der Waals surface area contributed by atoms with Gasteiger partial charge in [-0.3, -0.25) is 0 Å². The van der Waals surface area contributed by atoms with Gasteiger partial charge in [0.05, 0.1) is 5.56 Å². The molecule has 2 rings (SSSR count). The molecule has 0 saturated heterocycles. The van der Waals surface area contributed by atoms with Gasteiger partial charge in [-0.1, -0.05) is 12.1 Å². The smallest absolute Gasteiger partial charge is 0.237 e. The molecule has 0 radical (unpaired) electrons. The predicted molar refractivity (Wildman–Crippen MR) is 52.5 cm³/mol. The Morgan fingerprint density at radius 2 is 1.62 bits per heavy atom. The highest BCUT2D eigenvalue weighted by Gasteiger charge is 2.30. The normalized spacial score (nSPS) is 11.4. The van der Waals surface area contributed by atoms with Gasteiger partial charge in [-0.15, -0.1) is 0 Å². The molecule has 16 heavy (non-hydrogen) atoms. The van der Waals surface area contributed by atoms with Crippen LogP contribution in [0.5, 0.6) is 0 Å². The summed E-state index contributed by atoms with van der Waals surface area (Å²) in [5, 5.41) is 0. The lowest BCUT2D eigenvalue weighted by atomic mass is 10.1. The first-order chi connectivity index (χ1) is 7.57. The summed E-state index contributed by atoms with van der Waals surface area (Å²) < 4.78 is 37.3. The number of nitrogens with zero attached hydrogens (tertiary/aromatic N) is 2. The molecular formula is C11H7F3N2. The van der Waals surface area contributed by atoms with Gasteiger partial charge in [0.15, 0.2) is 5.82 Å². The summed E-state index contributed by atoms with van der Waals surface area (Å²) in [6, 6.07) is 6.55. The number of rotatable bonds is 1. The molecule has 0 aliphatic rings. The maximum absolute atomic E-state index is 12.4. The van der Waals surface area contributed by atoms with Crippen molar-refractivity contribution in [3.8, 4) is 11.4 Å². The number of hydrogen-bond donors (Lipinski definition) is 0. The van der Waals surface area contributed by atoms with Gasteiger partial charge in [-0.25, -0.2) is 9.97 Å². The molecule has 1 aromatic heterocycles. The maximum atomic E-state index is 12.4. The van der Waals surface area contributed by atoms with Crippen LogP contribution in [-0.2, 0) is 6.18 Å². The molecule has 0 spiro atoms. The van der Waals surface area contributed by atoms with E-state index in [9.17, 15) is 13.2 Å². The first-order valence-electron chi connectivity index (χ1n) is 4.52. The standard InChI is InChI=1S/C11H7F3N2/c12-11(13,14)9-4-1-3-8(7-9)10-15-5-2-6-16-10/h1-7H. The van der Waals surface area contributed by atoms with Gasteiger partial charge in [0, 0.05) is 18.0 Å². The van der Waals surface area contributed by atoms with Gasteiger partial charge >= 0.3 is 6.18 Å². The van der Waals surface area contributed by atoms with E-state index in [1.165, 1.54) is 18.5 Å². The molecule has 0 bridgehead atoms. The fourth-order valence-corrected chi connectivity index (χ4v) is 1.28. The Morgan fingerprint density at radius 1 is 0.938 bits per heavy atom. The Morgan fingerprint density at radius 3 is 2.25 bits per heavy atom. The van der Waals surface area contributed by atoms with E-state index in [-0.39, 0.29) is 5.82 Å². The third-order valence-corrected chi connectivity index (χ3v) is 2.01. The van der Waals surface area contributed by atoms with Crippen molar-refractivity contribution in [1.82, 2.24) is 9.97 Å². The second-order valence-corrected chi connectivity index (χ2v) is 3.15. The van der Waals surface area contributed by atoms with E-state index < -0.39 is 11.7 Å². The lowest BCUT2D eigenvalue weighted by Crippen LogP contribution is -2.04. The van der Waals surface area contributed by atoms with Crippen LogP contribution in [0.2, 0.25) is 0 Å². The molecule has 0 aliphatic carbocycles. The van der Waals surface area contributed by atoms with Crippen LogP contribution in [0.1, 0.15) is 5.56 Å². The minimum Gasteiger partial charge on any atom is -0.237 e. The average molecular weight is 224 g/mol. The van der Waals surface area contributed by atoms with Crippen LogP contribution in [-0.4, -0.2) is 9.97 Å². The SMILES string of the molecule is FC(F)(F)c1cccc(-c2ncccn2)c1. The molecule has 1 heterocycles. The zero-order chi connectivity index (χ0) is 11.6. The third kappa shape index (κ3) is 2.18. The number of alkyl halides is 3. The second kappa shape index (κ2) is 3.92. The second-order valence-electron chi connectivity index (χ2n) is 3.15. The summed E-state index contributed by atoms with van der Waals surface area (Å²) in [7, 11) is 0. The van der Waals surface area contributed by atoms with Crippen molar-refractivity contribution in [3.63, 3.8) is 0 Å². The van der Waals surface area contributed by atoms with Gasteiger partial charge in [-0.05, 0) is 18.2 Å². The highest BCUT2D eigenvalue weighted by atomic mass is 19.4. The summed E-state index contributed by atoms with van der Waals surface area (Å²) in [6.07, 6.45) is -1.37. The Bertz CT molecular complexity index is 480. The van der Waals surface area contributed by atoms with Crippen LogP contribution in [0.3, 0.4) is 0 Å². The molecule has 1 aromatic carbocycles. The highest BCUT2D eigenvalue weighted by Crippen LogP contribution is 2.31. The van der Waals surface area contributed by atoms with Crippen molar-refractivity contribution < 1.29 is 13.2 Å². The van der Waals surface area contributed by atoms with Crippen molar-refractivity contribution in [1.29, 1.82) is 0 Å². The molecule has 2 nitrogen and oxygen atoms in total. The number of aromatic nitrogens is 2. The van der Waals surface area contributed by atoms with Gasteiger partial charge < -0.3 is 0 Å². The third-order valence-electron chi connectivity index (χ3n) is 2.01. The van der Waals surface area contributed by atoms with Gasteiger partial charge in [-0.2, -0.15) is 13.2 Å². The molecule has 0 unspecified atom stereocenters. The van der Waals surface area contributed by atoms with E-state index in [1.54, 1.807) is 12.1 Å². The summed E-state index contributed by atoms with van der Waals surface area (Å²) in [5.74, 6) is 0.286. The minimum absolute atomic E-state index is 0.286.